The molecule has 1 aliphatic rings. The van der Waals surface area contributed by atoms with Crippen molar-refractivity contribution in [2.45, 2.75) is 5.92 Å². The molecule has 0 saturated heterocycles. The predicted octanol–water partition coefficient (Wildman–Crippen LogP) is 5.56. The topological polar surface area (TPSA) is 114 Å². The number of halogens is 1. The molecule has 188 valence electrons. The number of hydrogen-bond donors (Lipinski definition) is 0. The van der Waals surface area contributed by atoms with Crippen molar-refractivity contribution in [3.8, 4) is 34.7 Å². The summed E-state index contributed by atoms with van der Waals surface area (Å²) >= 11 is 3.32. The van der Waals surface area contributed by atoms with Gasteiger partial charge in [0.05, 0.1) is 36.7 Å². The van der Waals surface area contributed by atoms with E-state index >= 15 is 0 Å². The van der Waals surface area contributed by atoms with Crippen LogP contribution in [-0.4, -0.2) is 33.8 Å². The van der Waals surface area contributed by atoms with Crippen LogP contribution < -0.4 is 19.8 Å². The Bertz CT molecular complexity index is 1940. The molecular weight excluding hydrogens is 556 g/mol. The molecule has 5 heterocycles. The van der Waals surface area contributed by atoms with Gasteiger partial charge in [0, 0.05) is 11.6 Å². The fourth-order valence-corrected chi connectivity index (χ4v) is 5.14. The van der Waals surface area contributed by atoms with E-state index in [1.165, 1.54) is 10.8 Å². The number of nitrogens with zero attached hydrogens (tertiary/aromatic N) is 4. The lowest BCUT2D eigenvalue weighted by molar-refractivity contribution is 0.387. The average molecular weight is 573 g/mol. The zero-order chi connectivity index (χ0) is 26.0. The maximum absolute atomic E-state index is 13.6. The minimum Gasteiger partial charge on any atom is -0.497 e. The number of rotatable bonds is 4. The van der Waals surface area contributed by atoms with Gasteiger partial charge in [0.1, 0.15) is 23.4 Å². The zero-order valence-corrected chi connectivity index (χ0v) is 21.6. The fraction of sp³-hybridized carbons (Fsp3) is 0.111. The molecule has 0 aliphatic carbocycles. The Hall–Kier alpha value is -4.64. The monoisotopic (exact) mass is 572 g/mol. The van der Waals surface area contributed by atoms with Crippen molar-refractivity contribution in [2.75, 3.05) is 14.2 Å². The fourth-order valence-electron chi connectivity index (χ4n) is 4.84. The highest BCUT2D eigenvalue weighted by Gasteiger charge is 2.39. The molecule has 0 bridgehead atoms. The van der Waals surface area contributed by atoms with E-state index in [9.17, 15) is 4.79 Å². The third kappa shape index (κ3) is 3.32. The third-order valence-electron chi connectivity index (χ3n) is 6.51. The van der Waals surface area contributed by atoms with E-state index in [0.29, 0.717) is 72.7 Å². The first kappa shape index (κ1) is 22.5. The number of benzene rings is 2. The van der Waals surface area contributed by atoms with Crippen LogP contribution in [0, 0.1) is 0 Å². The number of ether oxygens (including phenoxy) is 3. The van der Waals surface area contributed by atoms with Crippen LogP contribution in [-0.2, 0) is 0 Å². The van der Waals surface area contributed by atoms with E-state index in [0.717, 1.165) is 0 Å². The van der Waals surface area contributed by atoms with E-state index in [4.69, 9.17) is 28.0 Å². The van der Waals surface area contributed by atoms with Crippen LogP contribution in [0.15, 0.2) is 79.2 Å². The number of para-hydroxylation sites is 1. The number of furan rings is 1. The van der Waals surface area contributed by atoms with Gasteiger partial charge in [0.25, 0.3) is 0 Å². The molecule has 0 N–H and O–H groups in total. The molecule has 1 unspecified atom stereocenters. The van der Waals surface area contributed by atoms with Gasteiger partial charge in [0.15, 0.2) is 21.8 Å². The summed E-state index contributed by atoms with van der Waals surface area (Å²) in [5.41, 5.74) is 1.84. The minimum absolute atomic E-state index is 0.295. The lowest BCUT2D eigenvalue weighted by Crippen LogP contribution is -2.22. The Morgan fingerprint density at radius 1 is 1.00 bits per heavy atom. The van der Waals surface area contributed by atoms with Crippen molar-refractivity contribution in [1.82, 2.24) is 19.6 Å². The summed E-state index contributed by atoms with van der Waals surface area (Å²) < 4.78 is 31.0. The molecule has 0 radical (unpaired) electrons. The van der Waals surface area contributed by atoms with Crippen LogP contribution >= 0.6 is 15.9 Å². The number of hydrogen-bond acceptors (Lipinski definition) is 9. The van der Waals surface area contributed by atoms with Gasteiger partial charge < -0.3 is 23.0 Å². The number of methoxy groups -OCH3 is 2. The Labute approximate surface area is 222 Å². The average Bonchev–Trinajstić information content (AvgIpc) is 3.58. The summed E-state index contributed by atoms with van der Waals surface area (Å²) in [5.74, 6) is 1.90. The van der Waals surface area contributed by atoms with Crippen LogP contribution in [0.3, 0.4) is 0 Å². The van der Waals surface area contributed by atoms with Gasteiger partial charge in [-0.15, -0.1) is 5.10 Å². The molecule has 0 spiro atoms. The van der Waals surface area contributed by atoms with Gasteiger partial charge in [-0.25, -0.2) is 19.3 Å². The second-order valence-electron chi connectivity index (χ2n) is 8.54. The van der Waals surface area contributed by atoms with Crippen LogP contribution in [0.5, 0.6) is 23.1 Å². The largest absolute Gasteiger partial charge is 0.497 e. The predicted molar refractivity (Wildman–Crippen MR) is 139 cm³/mol. The van der Waals surface area contributed by atoms with Gasteiger partial charge in [-0.2, -0.15) is 0 Å². The van der Waals surface area contributed by atoms with Crippen molar-refractivity contribution in [1.29, 1.82) is 0 Å². The highest BCUT2D eigenvalue weighted by molar-refractivity contribution is 9.10. The quantitative estimate of drug-likeness (QED) is 0.250. The number of aromatic nitrogens is 4. The van der Waals surface area contributed by atoms with Crippen molar-refractivity contribution in [3.05, 3.63) is 92.7 Å². The van der Waals surface area contributed by atoms with E-state index in [1.54, 1.807) is 50.6 Å². The van der Waals surface area contributed by atoms with E-state index in [1.807, 2.05) is 18.2 Å². The van der Waals surface area contributed by atoms with Crippen molar-refractivity contribution >= 4 is 32.5 Å². The molecule has 10 nitrogen and oxygen atoms in total. The lowest BCUT2D eigenvalue weighted by atomic mass is 9.83. The molecule has 0 saturated carbocycles. The molecule has 0 amide bonds. The van der Waals surface area contributed by atoms with E-state index in [2.05, 4.69) is 26.0 Å². The minimum atomic E-state index is -0.702. The SMILES string of the molecule is COc1ccc(C2c3c(c4ccccc4oc3=O)Oc3ncn4nc(-c5ccc(Br)o5)nc4c32)c(OC)c1. The van der Waals surface area contributed by atoms with Crippen LogP contribution in [0.25, 0.3) is 28.2 Å². The first-order chi connectivity index (χ1) is 18.6. The van der Waals surface area contributed by atoms with Gasteiger partial charge in [0.2, 0.25) is 11.7 Å². The third-order valence-corrected chi connectivity index (χ3v) is 6.93. The first-order valence-electron chi connectivity index (χ1n) is 11.5. The van der Waals surface area contributed by atoms with Gasteiger partial charge >= 0.3 is 5.63 Å². The molecule has 11 heteroatoms. The molecule has 4 aromatic heterocycles. The van der Waals surface area contributed by atoms with Crippen LogP contribution in [0.2, 0.25) is 0 Å². The second-order valence-corrected chi connectivity index (χ2v) is 9.32. The molecular formula is C27H17BrN4O6. The Morgan fingerprint density at radius 3 is 2.66 bits per heavy atom. The summed E-state index contributed by atoms with van der Waals surface area (Å²) in [6.07, 6.45) is 1.52. The van der Waals surface area contributed by atoms with Crippen molar-refractivity contribution in [2.24, 2.45) is 0 Å². The molecule has 1 atom stereocenters. The highest BCUT2D eigenvalue weighted by Crippen LogP contribution is 2.51. The van der Waals surface area contributed by atoms with E-state index in [-0.39, 0.29) is 0 Å². The summed E-state index contributed by atoms with van der Waals surface area (Å²) in [6, 6.07) is 16.1. The molecule has 0 fully saturated rings. The Morgan fingerprint density at radius 2 is 1.87 bits per heavy atom. The van der Waals surface area contributed by atoms with Gasteiger partial charge in [-0.05, 0) is 46.3 Å². The summed E-state index contributed by atoms with van der Waals surface area (Å²) in [4.78, 5) is 22.9. The molecule has 6 aromatic rings. The summed E-state index contributed by atoms with van der Waals surface area (Å²) in [7, 11) is 3.14. The summed E-state index contributed by atoms with van der Waals surface area (Å²) in [5, 5.41) is 5.20. The highest BCUT2D eigenvalue weighted by atomic mass is 79.9. The van der Waals surface area contributed by atoms with Gasteiger partial charge in [-0.3, -0.25) is 0 Å². The molecule has 1 aliphatic heterocycles. The standard InChI is InChI=1S/C27H17BrN4O6/c1-34-13-7-8-14(18(11-13)35-2)20-21-23(15-5-3-4-6-16(15)37-27(21)33)38-26-22(20)25-30-24(31-32(25)12-29-26)17-9-10-19(28)36-17/h3-12,20H,1-2H3. The molecule has 2 aromatic carbocycles. The van der Waals surface area contributed by atoms with E-state index < -0.39 is 11.5 Å². The van der Waals surface area contributed by atoms with Gasteiger partial charge in [-0.1, -0.05) is 18.2 Å². The molecule has 38 heavy (non-hydrogen) atoms. The van der Waals surface area contributed by atoms with Crippen molar-refractivity contribution < 1.29 is 23.0 Å². The normalized spacial score (nSPS) is 14.2. The maximum atomic E-state index is 13.6. The smallest absolute Gasteiger partial charge is 0.344 e. The second kappa shape index (κ2) is 8.45. The molecule has 7 rings (SSSR count). The maximum Gasteiger partial charge on any atom is 0.344 e. The zero-order valence-electron chi connectivity index (χ0n) is 20.0. The summed E-state index contributed by atoms with van der Waals surface area (Å²) in [6.45, 7) is 0. The first-order valence-corrected chi connectivity index (χ1v) is 12.3. The van der Waals surface area contributed by atoms with Crippen LogP contribution in [0.1, 0.15) is 22.6 Å². The Balaban J connectivity index is 1.57. The van der Waals surface area contributed by atoms with Crippen molar-refractivity contribution in [3.63, 3.8) is 0 Å². The Kier molecular flexibility index (Phi) is 5.02. The van der Waals surface area contributed by atoms with Crippen LogP contribution in [0.4, 0.5) is 0 Å². The number of fused-ring (bicyclic) bond motifs is 6. The lowest BCUT2D eigenvalue weighted by Gasteiger charge is -2.28.